The van der Waals surface area contributed by atoms with Crippen LogP contribution in [0.5, 0.6) is 0 Å². The third-order valence-corrected chi connectivity index (χ3v) is 5.57. The topological polar surface area (TPSA) is 71.4 Å². The molecule has 3 rings (SSSR count). The first-order valence-electron chi connectivity index (χ1n) is 7.91. The van der Waals surface area contributed by atoms with Crippen LogP contribution in [-0.2, 0) is 10.0 Å². The Morgan fingerprint density at radius 1 is 1.21 bits per heavy atom. The molecule has 0 saturated carbocycles. The highest BCUT2D eigenvalue weighted by atomic mass is 32.2. The van der Waals surface area contributed by atoms with E-state index in [0.29, 0.717) is 25.2 Å². The molecule has 1 saturated heterocycles. The molecule has 1 unspecified atom stereocenters. The average molecular weight is 347 g/mol. The van der Waals surface area contributed by atoms with Crippen LogP contribution >= 0.6 is 0 Å². The smallest absolute Gasteiger partial charge is 0.253 e. The van der Waals surface area contributed by atoms with Gasteiger partial charge in [-0.1, -0.05) is 12.1 Å². The van der Waals surface area contributed by atoms with Crippen LogP contribution in [0.25, 0.3) is 5.69 Å². The van der Waals surface area contributed by atoms with E-state index < -0.39 is 10.0 Å². The van der Waals surface area contributed by atoms with E-state index in [1.165, 1.54) is 10.6 Å². The number of nitrogens with zero attached hydrogens (tertiary/aromatic N) is 2. The highest BCUT2D eigenvalue weighted by Crippen LogP contribution is 2.19. The first kappa shape index (κ1) is 16.7. The number of hydrogen-bond acceptors (Lipinski definition) is 3. The molecule has 0 aliphatic carbocycles. The van der Waals surface area contributed by atoms with Crippen molar-refractivity contribution in [2.24, 2.45) is 5.92 Å². The number of rotatable bonds is 5. The summed E-state index contributed by atoms with van der Waals surface area (Å²) < 4.78 is 26.5. The summed E-state index contributed by atoms with van der Waals surface area (Å²) in [4.78, 5) is 12.5. The van der Waals surface area contributed by atoms with Gasteiger partial charge in [0.25, 0.3) is 5.91 Å². The van der Waals surface area contributed by atoms with E-state index in [-0.39, 0.29) is 11.8 Å². The van der Waals surface area contributed by atoms with Gasteiger partial charge in [0.05, 0.1) is 17.5 Å². The number of benzene rings is 1. The van der Waals surface area contributed by atoms with Crippen LogP contribution in [0, 0.1) is 5.92 Å². The van der Waals surface area contributed by atoms with Crippen LogP contribution in [0.4, 0.5) is 0 Å². The zero-order chi connectivity index (χ0) is 17.2. The monoisotopic (exact) mass is 347 g/mol. The average Bonchev–Trinajstić information content (AvgIpc) is 3.23. The summed E-state index contributed by atoms with van der Waals surface area (Å²) in [5, 5.41) is 2.94. The molecule has 0 spiro atoms. The Balaban J connectivity index is 1.65. The number of aromatic nitrogens is 1. The zero-order valence-corrected chi connectivity index (χ0v) is 14.4. The molecule has 1 fully saturated rings. The maximum atomic E-state index is 12.5. The van der Waals surface area contributed by atoms with Gasteiger partial charge >= 0.3 is 0 Å². The van der Waals surface area contributed by atoms with Crippen molar-refractivity contribution >= 4 is 15.9 Å². The van der Waals surface area contributed by atoms with Crippen LogP contribution in [0.2, 0.25) is 0 Å². The molecule has 0 radical (unpaired) electrons. The second-order valence-electron chi connectivity index (χ2n) is 6.09. The normalized spacial score (nSPS) is 18.6. The summed E-state index contributed by atoms with van der Waals surface area (Å²) in [5.41, 5.74) is 1.43. The third kappa shape index (κ3) is 3.68. The standard InChI is InChI=1S/C17H21N3O3S/c1-24(22,23)20-11-8-14(13-20)12-18-17(21)15-6-2-3-7-16(15)19-9-4-5-10-19/h2-7,9-10,14H,8,11-13H2,1H3,(H,18,21). The molecule has 2 heterocycles. The highest BCUT2D eigenvalue weighted by molar-refractivity contribution is 7.88. The van der Waals surface area contributed by atoms with E-state index in [2.05, 4.69) is 5.32 Å². The molecular weight excluding hydrogens is 326 g/mol. The van der Waals surface area contributed by atoms with Gasteiger partial charge in [0, 0.05) is 32.0 Å². The lowest BCUT2D eigenvalue weighted by Crippen LogP contribution is -2.33. The molecule has 1 aliphatic heterocycles. The fourth-order valence-electron chi connectivity index (χ4n) is 2.98. The van der Waals surface area contributed by atoms with Crippen molar-refractivity contribution < 1.29 is 13.2 Å². The Morgan fingerprint density at radius 3 is 2.58 bits per heavy atom. The first-order valence-corrected chi connectivity index (χ1v) is 9.75. The molecule has 1 aromatic carbocycles. The van der Waals surface area contributed by atoms with Gasteiger partial charge in [-0.2, -0.15) is 0 Å². The molecule has 2 aromatic rings. The Bertz CT molecular complexity index is 815. The molecule has 1 aliphatic rings. The van der Waals surface area contributed by atoms with Gasteiger partial charge in [-0.3, -0.25) is 4.79 Å². The summed E-state index contributed by atoms with van der Waals surface area (Å²) in [6.45, 7) is 1.47. The van der Waals surface area contributed by atoms with Crippen LogP contribution in [-0.4, -0.2) is 49.1 Å². The Labute approximate surface area is 142 Å². The van der Waals surface area contributed by atoms with Gasteiger partial charge < -0.3 is 9.88 Å². The highest BCUT2D eigenvalue weighted by Gasteiger charge is 2.28. The number of carbonyl (C=O) groups excluding carboxylic acids is 1. The van der Waals surface area contributed by atoms with Gasteiger partial charge in [-0.15, -0.1) is 0 Å². The van der Waals surface area contributed by atoms with Gasteiger partial charge in [0.1, 0.15) is 0 Å². The SMILES string of the molecule is CS(=O)(=O)N1CCC(CNC(=O)c2ccccc2-n2cccc2)C1. The number of amides is 1. The molecular formula is C17H21N3O3S. The lowest BCUT2D eigenvalue weighted by molar-refractivity contribution is 0.0948. The van der Waals surface area contributed by atoms with Crippen molar-refractivity contribution in [2.75, 3.05) is 25.9 Å². The van der Waals surface area contributed by atoms with Crippen LogP contribution in [0.3, 0.4) is 0 Å². The third-order valence-electron chi connectivity index (χ3n) is 4.30. The summed E-state index contributed by atoms with van der Waals surface area (Å²) >= 11 is 0. The van der Waals surface area contributed by atoms with Gasteiger partial charge in [-0.05, 0) is 36.6 Å². The molecule has 1 N–H and O–H groups in total. The molecule has 24 heavy (non-hydrogen) atoms. The minimum Gasteiger partial charge on any atom is -0.352 e. The maximum absolute atomic E-state index is 12.5. The Morgan fingerprint density at radius 2 is 1.92 bits per heavy atom. The quantitative estimate of drug-likeness (QED) is 0.891. The van der Waals surface area contributed by atoms with Crippen molar-refractivity contribution in [3.8, 4) is 5.69 Å². The van der Waals surface area contributed by atoms with Crippen LogP contribution < -0.4 is 5.32 Å². The molecule has 6 nitrogen and oxygen atoms in total. The van der Waals surface area contributed by atoms with Gasteiger partial charge in [-0.25, -0.2) is 12.7 Å². The molecule has 7 heteroatoms. The Hall–Kier alpha value is -2.12. The fraction of sp³-hybridized carbons (Fsp3) is 0.353. The van der Waals surface area contributed by atoms with Crippen molar-refractivity contribution in [3.05, 3.63) is 54.4 Å². The van der Waals surface area contributed by atoms with Crippen LogP contribution in [0.15, 0.2) is 48.8 Å². The van der Waals surface area contributed by atoms with E-state index in [4.69, 9.17) is 0 Å². The molecule has 1 atom stereocenters. The fourth-order valence-corrected chi connectivity index (χ4v) is 3.90. The first-order chi connectivity index (χ1) is 11.4. The summed E-state index contributed by atoms with van der Waals surface area (Å²) in [6.07, 6.45) is 5.79. The van der Waals surface area contributed by atoms with E-state index in [1.807, 2.05) is 47.3 Å². The van der Waals surface area contributed by atoms with Crippen LogP contribution in [0.1, 0.15) is 16.8 Å². The summed E-state index contributed by atoms with van der Waals surface area (Å²) in [7, 11) is -3.15. The minimum atomic E-state index is -3.15. The summed E-state index contributed by atoms with van der Waals surface area (Å²) in [5.74, 6) is 0.0134. The van der Waals surface area contributed by atoms with E-state index in [0.717, 1.165) is 12.1 Å². The number of hydrogen-bond donors (Lipinski definition) is 1. The predicted molar refractivity (Wildman–Crippen MR) is 92.6 cm³/mol. The largest absolute Gasteiger partial charge is 0.352 e. The lowest BCUT2D eigenvalue weighted by Gasteiger charge is -2.15. The number of carbonyl (C=O) groups is 1. The Kier molecular flexibility index (Phi) is 4.73. The number of sulfonamides is 1. The van der Waals surface area contributed by atoms with E-state index >= 15 is 0 Å². The number of nitrogens with one attached hydrogen (secondary N) is 1. The van der Waals surface area contributed by atoms with Crippen molar-refractivity contribution in [1.82, 2.24) is 14.2 Å². The molecule has 1 aromatic heterocycles. The van der Waals surface area contributed by atoms with Crippen molar-refractivity contribution in [2.45, 2.75) is 6.42 Å². The second kappa shape index (κ2) is 6.78. The van der Waals surface area contributed by atoms with E-state index in [9.17, 15) is 13.2 Å². The van der Waals surface area contributed by atoms with Crippen molar-refractivity contribution in [1.29, 1.82) is 0 Å². The number of para-hydroxylation sites is 1. The zero-order valence-electron chi connectivity index (χ0n) is 13.6. The predicted octanol–water partition coefficient (Wildman–Crippen LogP) is 1.49. The minimum absolute atomic E-state index is 0.142. The molecule has 1 amide bonds. The van der Waals surface area contributed by atoms with Crippen molar-refractivity contribution in [3.63, 3.8) is 0 Å². The lowest BCUT2D eigenvalue weighted by atomic mass is 10.1. The van der Waals surface area contributed by atoms with Gasteiger partial charge in [0.15, 0.2) is 0 Å². The second-order valence-corrected chi connectivity index (χ2v) is 8.08. The maximum Gasteiger partial charge on any atom is 0.253 e. The molecule has 128 valence electrons. The molecule has 0 bridgehead atoms. The summed E-state index contributed by atoms with van der Waals surface area (Å²) in [6, 6.07) is 11.2. The van der Waals surface area contributed by atoms with Gasteiger partial charge in [0.2, 0.25) is 10.0 Å². The van der Waals surface area contributed by atoms with E-state index in [1.54, 1.807) is 6.07 Å².